The van der Waals surface area contributed by atoms with E-state index in [-0.39, 0.29) is 5.82 Å². The summed E-state index contributed by atoms with van der Waals surface area (Å²) >= 11 is 0. The second-order valence-corrected chi connectivity index (χ2v) is 9.22. The monoisotopic (exact) mass is 446 g/mol. The number of hydrogen-bond acceptors (Lipinski definition) is 4. The summed E-state index contributed by atoms with van der Waals surface area (Å²) in [5, 5.41) is 0. The van der Waals surface area contributed by atoms with E-state index in [0.717, 1.165) is 68.3 Å². The van der Waals surface area contributed by atoms with Crippen molar-refractivity contribution in [2.24, 2.45) is 0 Å². The highest BCUT2D eigenvalue weighted by Gasteiger charge is 2.24. The molecule has 33 heavy (non-hydrogen) atoms. The van der Waals surface area contributed by atoms with Crippen LogP contribution < -0.4 is 9.80 Å². The first kappa shape index (κ1) is 23.2. The highest BCUT2D eigenvalue weighted by Crippen LogP contribution is 2.34. The van der Waals surface area contributed by atoms with Gasteiger partial charge in [0.1, 0.15) is 11.6 Å². The molecular formula is C28H35FN4. The molecule has 1 aliphatic rings. The molecule has 2 heterocycles. The zero-order valence-electron chi connectivity index (χ0n) is 20.6. The SMILES string of the molecule is CCN(c1nc(C)c2c(n1)N(CCc1ccc(F)cc1)CCCC2)c1c(C)cc(C)cc1C. The van der Waals surface area contributed by atoms with Crippen molar-refractivity contribution in [3.63, 3.8) is 0 Å². The van der Waals surface area contributed by atoms with Crippen molar-refractivity contribution in [3.05, 3.63) is 75.7 Å². The Bertz CT molecular complexity index is 1100. The molecule has 0 bridgehead atoms. The van der Waals surface area contributed by atoms with Gasteiger partial charge in [-0.25, -0.2) is 9.37 Å². The lowest BCUT2D eigenvalue weighted by molar-refractivity contribution is 0.626. The first-order valence-electron chi connectivity index (χ1n) is 12.1. The molecule has 0 spiro atoms. The van der Waals surface area contributed by atoms with Gasteiger partial charge in [0.05, 0.1) is 0 Å². The average Bonchev–Trinajstić information content (AvgIpc) is 2.98. The Morgan fingerprint density at radius 3 is 2.33 bits per heavy atom. The lowest BCUT2D eigenvalue weighted by Crippen LogP contribution is -2.29. The van der Waals surface area contributed by atoms with E-state index < -0.39 is 0 Å². The standard InChI is InChI=1S/C28H35FN4/c1-6-33(26-20(3)17-19(2)18-21(26)4)28-30-22(5)25-9-7-8-15-32(27(25)31-28)16-14-23-10-12-24(29)13-11-23/h10-13,17-18H,6-9,14-16H2,1-5H3. The molecule has 3 aromatic rings. The van der Waals surface area contributed by atoms with Crippen LogP contribution in [0.2, 0.25) is 0 Å². The van der Waals surface area contributed by atoms with E-state index in [9.17, 15) is 4.39 Å². The van der Waals surface area contributed by atoms with Gasteiger partial charge in [-0.1, -0.05) is 29.8 Å². The Kier molecular flexibility index (Phi) is 6.96. The number of benzene rings is 2. The van der Waals surface area contributed by atoms with Crippen molar-refractivity contribution < 1.29 is 4.39 Å². The number of nitrogens with zero attached hydrogens (tertiary/aromatic N) is 4. The van der Waals surface area contributed by atoms with Gasteiger partial charge in [-0.15, -0.1) is 0 Å². The number of fused-ring (bicyclic) bond motifs is 1. The minimum atomic E-state index is -0.187. The first-order valence-corrected chi connectivity index (χ1v) is 12.1. The summed E-state index contributed by atoms with van der Waals surface area (Å²) in [7, 11) is 0. The molecule has 0 unspecified atom stereocenters. The summed E-state index contributed by atoms with van der Waals surface area (Å²) in [6.07, 6.45) is 4.18. The fourth-order valence-corrected chi connectivity index (χ4v) is 5.08. The summed E-state index contributed by atoms with van der Waals surface area (Å²) in [5.74, 6) is 1.66. The summed E-state index contributed by atoms with van der Waals surface area (Å²) in [4.78, 5) is 14.8. The Balaban J connectivity index is 1.70. The van der Waals surface area contributed by atoms with Crippen molar-refractivity contribution in [2.45, 2.75) is 60.3 Å². The molecule has 0 radical (unpaired) electrons. The van der Waals surface area contributed by atoms with Crippen LogP contribution in [0.4, 0.5) is 21.8 Å². The highest BCUT2D eigenvalue weighted by molar-refractivity contribution is 5.68. The van der Waals surface area contributed by atoms with Crippen molar-refractivity contribution in [1.29, 1.82) is 0 Å². The van der Waals surface area contributed by atoms with Gasteiger partial charge < -0.3 is 9.80 Å². The topological polar surface area (TPSA) is 32.3 Å². The summed E-state index contributed by atoms with van der Waals surface area (Å²) in [5.41, 5.74) is 8.46. The highest BCUT2D eigenvalue weighted by atomic mass is 19.1. The van der Waals surface area contributed by atoms with Gasteiger partial charge in [-0.2, -0.15) is 4.98 Å². The molecule has 1 aliphatic heterocycles. The number of aryl methyl sites for hydroxylation is 4. The maximum absolute atomic E-state index is 13.3. The molecule has 0 atom stereocenters. The first-order chi connectivity index (χ1) is 15.9. The second kappa shape index (κ2) is 9.90. The number of aromatic nitrogens is 2. The fraction of sp³-hybridized carbons (Fsp3) is 0.429. The van der Waals surface area contributed by atoms with E-state index in [1.54, 1.807) is 12.1 Å². The zero-order valence-corrected chi connectivity index (χ0v) is 20.6. The number of hydrogen-bond donors (Lipinski definition) is 0. The molecule has 174 valence electrons. The van der Waals surface area contributed by atoms with Gasteiger partial charge in [-0.05, 0) is 89.1 Å². The lowest BCUT2D eigenvalue weighted by atomic mass is 10.0. The smallest absolute Gasteiger partial charge is 0.232 e. The van der Waals surface area contributed by atoms with Crippen molar-refractivity contribution >= 4 is 17.5 Å². The summed E-state index contributed by atoms with van der Waals surface area (Å²) in [6, 6.07) is 11.3. The van der Waals surface area contributed by atoms with Crippen LogP contribution in [0.1, 0.15) is 53.3 Å². The third-order valence-electron chi connectivity index (χ3n) is 6.63. The third kappa shape index (κ3) is 5.02. The average molecular weight is 447 g/mol. The maximum Gasteiger partial charge on any atom is 0.232 e. The van der Waals surface area contributed by atoms with Crippen molar-refractivity contribution in [2.75, 3.05) is 29.4 Å². The zero-order chi connectivity index (χ0) is 23.5. The molecule has 0 N–H and O–H groups in total. The quantitative estimate of drug-likeness (QED) is 0.439. The lowest BCUT2D eigenvalue weighted by Gasteiger charge is -2.29. The number of halogens is 1. The molecule has 0 saturated heterocycles. The van der Waals surface area contributed by atoms with Gasteiger partial charge in [0.15, 0.2) is 0 Å². The molecule has 1 aromatic heterocycles. The molecule has 0 amide bonds. The predicted octanol–water partition coefficient (Wildman–Crippen LogP) is 6.39. The molecule has 0 aliphatic carbocycles. The molecule has 4 rings (SSSR count). The molecule has 4 nitrogen and oxygen atoms in total. The minimum Gasteiger partial charge on any atom is -0.356 e. The van der Waals surface area contributed by atoms with Crippen LogP contribution in [-0.4, -0.2) is 29.6 Å². The fourth-order valence-electron chi connectivity index (χ4n) is 5.08. The third-order valence-corrected chi connectivity index (χ3v) is 6.63. The summed E-state index contributed by atoms with van der Waals surface area (Å²) < 4.78 is 13.3. The summed E-state index contributed by atoms with van der Waals surface area (Å²) in [6.45, 7) is 13.4. The maximum atomic E-state index is 13.3. The number of rotatable bonds is 6. The van der Waals surface area contributed by atoms with Crippen LogP contribution in [0.15, 0.2) is 36.4 Å². The molecule has 0 saturated carbocycles. The van der Waals surface area contributed by atoms with E-state index in [2.05, 4.69) is 56.6 Å². The van der Waals surface area contributed by atoms with E-state index in [1.165, 1.54) is 27.9 Å². The van der Waals surface area contributed by atoms with Crippen LogP contribution in [0.5, 0.6) is 0 Å². The molecule has 5 heteroatoms. The van der Waals surface area contributed by atoms with E-state index in [0.29, 0.717) is 0 Å². The van der Waals surface area contributed by atoms with Gasteiger partial charge in [0, 0.05) is 36.6 Å². The minimum absolute atomic E-state index is 0.187. The number of anilines is 3. The largest absolute Gasteiger partial charge is 0.356 e. The molecular weight excluding hydrogens is 411 g/mol. The van der Waals surface area contributed by atoms with Gasteiger partial charge in [0.25, 0.3) is 0 Å². The van der Waals surface area contributed by atoms with Crippen LogP contribution in [0, 0.1) is 33.5 Å². The Morgan fingerprint density at radius 1 is 0.970 bits per heavy atom. The van der Waals surface area contributed by atoms with Crippen LogP contribution in [0.3, 0.4) is 0 Å². The normalized spacial score (nSPS) is 13.6. The predicted molar refractivity (Wildman–Crippen MR) is 135 cm³/mol. The Morgan fingerprint density at radius 2 is 1.67 bits per heavy atom. The van der Waals surface area contributed by atoms with Gasteiger partial charge in [0.2, 0.25) is 5.95 Å². The van der Waals surface area contributed by atoms with Gasteiger partial charge >= 0.3 is 0 Å². The van der Waals surface area contributed by atoms with Crippen LogP contribution >= 0.6 is 0 Å². The molecule has 2 aromatic carbocycles. The Hall–Kier alpha value is -2.95. The molecule has 0 fully saturated rings. The van der Waals surface area contributed by atoms with Crippen molar-refractivity contribution in [1.82, 2.24) is 9.97 Å². The van der Waals surface area contributed by atoms with E-state index in [4.69, 9.17) is 9.97 Å². The Labute approximate surface area is 197 Å². The second-order valence-electron chi connectivity index (χ2n) is 9.22. The van der Waals surface area contributed by atoms with E-state index >= 15 is 0 Å². The van der Waals surface area contributed by atoms with Crippen LogP contribution in [-0.2, 0) is 12.8 Å². The van der Waals surface area contributed by atoms with Crippen LogP contribution in [0.25, 0.3) is 0 Å². The van der Waals surface area contributed by atoms with Crippen molar-refractivity contribution in [3.8, 4) is 0 Å². The van der Waals surface area contributed by atoms with Gasteiger partial charge in [-0.3, -0.25) is 0 Å². The van der Waals surface area contributed by atoms with E-state index in [1.807, 2.05) is 12.1 Å².